The molecule has 32 heavy (non-hydrogen) atoms. The van der Waals surface area contributed by atoms with E-state index < -0.39 is 17.1 Å². The Balaban J connectivity index is 1.84. The van der Waals surface area contributed by atoms with Crippen LogP contribution in [0.2, 0.25) is 0 Å². The topological polar surface area (TPSA) is 82.8 Å². The van der Waals surface area contributed by atoms with Crippen molar-refractivity contribution in [2.24, 2.45) is 0 Å². The molecule has 2 aromatic rings. The third-order valence-electron chi connectivity index (χ3n) is 6.10. The first kappa shape index (κ1) is 21.5. The predicted molar refractivity (Wildman–Crippen MR) is 122 cm³/mol. The average molecular weight is 431 g/mol. The molecule has 2 unspecified atom stereocenters. The lowest BCUT2D eigenvalue weighted by Gasteiger charge is -2.50. The summed E-state index contributed by atoms with van der Waals surface area (Å²) in [5.74, 6) is -1.09. The molecule has 1 saturated heterocycles. The first-order valence-corrected chi connectivity index (χ1v) is 10.5. The number of aromatic hydroxyl groups is 1. The fourth-order valence-corrected chi connectivity index (χ4v) is 4.70. The largest absolute Gasteiger partial charge is 0.503 e. The summed E-state index contributed by atoms with van der Waals surface area (Å²) in [6, 6.07) is 9.80. The van der Waals surface area contributed by atoms with Crippen molar-refractivity contribution >= 4 is 12.2 Å². The van der Waals surface area contributed by atoms with Crippen molar-refractivity contribution in [3.05, 3.63) is 101 Å². The molecule has 3 heterocycles. The van der Waals surface area contributed by atoms with Crippen LogP contribution in [0.5, 0.6) is 5.75 Å². The molecule has 4 rings (SSSR count). The van der Waals surface area contributed by atoms with E-state index in [1.807, 2.05) is 36.4 Å². The highest BCUT2D eigenvalue weighted by Crippen LogP contribution is 2.37. The molecule has 1 amide bonds. The first-order chi connectivity index (χ1) is 15.5. The van der Waals surface area contributed by atoms with Crippen LogP contribution in [0.3, 0.4) is 0 Å². The van der Waals surface area contributed by atoms with Gasteiger partial charge < -0.3 is 14.6 Å². The van der Waals surface area contributed by atoms with Crippen LogP contribution in [0.4, 0.5) is 0 Å². The minimum atomic E-state index is -0.822. The van der Waals surface area contributed by atoms with E-state index in [9.17, 15) is 19.5 Å². The van der Waals surface area contributed by atoms with Gasteiger partial charge in [0.15, 0.2) is 17.7 Å². The van der Waals surface area contributed by atoms with Gasteiger partial charge in [-0.05, 0) is 17.6 Å². The number of aldehydes is 1. The maximum absolute atomic E-state index is 13.3. The summed E-state index contributed by atoms with van der Waals surface area (Å²) in [7, 11) is 0. The van der Waals surface area contributed by atoms with Crippen molar-refractivity contribution in [3.63, 3.8) is 0 Å². The second-order valence-electron chi connectivity index (χ2n) is 7.87. The van der Waals surface area contributed by atoms with Gasteiger partial charge in [-0.2, -0.15) is 0 Å². The van der Waals surface area contributed by atoms with Gasteiger partial charge in [-0.15, -0.1) is 0 Å². The molecule has 2 aliphatic rings. The zero-order valence-corrected chi connectivity index (χ0v) is 17.7. The Labute approximate surface area is 186 Å². The molecule has 0 aliphatic carbocycles. The number of benzene rings is 1. The molecule has 0 bridgehead atoms. The van der Waals surface area contributed by atoms with E-state index in [4.69, 9.17) is 0 Å². The standard InChI is InChI=1S/C25H25N3O4/c1-3-9-17(4-2)21(18-10-6-5-7-11-18)27-12-8-13-28-20(27)15-26-14-19(16-29)23(30)24(31)22(26)25(28)32/h3-7,9-11,14,16,20-21,31H,1-2,8,12-13,15H2/b17-9+. The Morgan fingerprint density at radius 2 is 1.91 bits per heavy atom. The van der Waals surface area contributed by atoms with E-state index >= 15 is 0 Å². The minimum Gasteiger partial charge on any atom is -0.503 e. The molecular weight excluding hydrogens is 406 g/mol. The maximum atomic E-state index is 13.3. The average Bonchev–Trinajstić information content (AvgIpc) is 2.82. The van der Waals surface area contributed by atoms with Crippen molar-refractivity contribution in [3.8, 4) is 5.75 Å². The molecule has 1 fully saturated rings. The SMILES string of the molecule is C=C/C=C(\C=C)C(c1ccccc1)N1CCCN2C(=O)c3c(O)c(=O)c(C=O)cn3CC21. The fraction of sp³-hybridized carbons (Fsp3) is 0.240. The van der Waals surface area contributed by atoms with Crippen LogP contribution in [0, 0.1) is 0 Å². The number of pyridine rings is 1. The second kappa shape index (κ2) is 8.80. The number of carbonyl (C=O) groups is 2. The molecular formula is C25H25N3O4. The summed E-state index contributed by atoms with van der Waals surface area (Å²) in [6.07, 6.45) is 7.59. The molecule has 0 spiro atoms. The van der Waals surface area contributed by atoms with Crippen LogP contribution in [-0.2, 0) is 6.54 Å². The zero-order chi connectivity index (χ0) is 22.8. The molecule has 0 radical (unpaired) electrons. The Morgan fingerprint density at radius 1 is 1.16 bits per heavy atom. The Kier molecular flexibility index (Phi) is 5.92. The van der Waals surface area contributed by atoms with E-state index in [1.165, 1.54) is 10.8 Å². The number of amides is 1. The summed E-state index contributed by atoms with van der Waals surface area (Å²) in [5, 5.41) is 10.4. The number of carbonyl (C=O) groups excluding carboxylic acids is 2. The van der Waals surface area contributed by atoms with Gasteiger partial charge in [-0.3, -0.25) is 19.3 Å². The van der Waals surface area contributed by atoms with Crippen molar-refractivity contribution in [1.82, 2.24) is 14.4 Å². The highest BCUT2D eigenvalue weighted by atomic mass is 16.3. The van der Waals surface area contributed by atoms with Gasteiger partial charge in [0, 0.05) is 19.3 Å². The van der Waals surface area contributed by atoms with Crippen LogP contribution >= 0.6 is 0 Å². The van der Waals surface area contributed by atoms with Gasteiger partial charge in [0.25, 0.3) is 5.91 Å². The number of aromatic nitrogens is 1. The molecule has 1 N–H and O–H groups in total. The number of nitrogens with zero attached hydrogens (tertiary/aromatic N) is 3. The summed E-state index contributed by atoms with van der Waals surface area (Å²) < 4.78 is 1.52. The quantitative estimate of drug-likeness (QED) is 0.562. The van der Waals surface area contributed by atoms with Crippen molar-refractivity contribution in [1.29, 1.82) is 0 Å². The zero-order valence-electron chi connectivity index (χ0n) is 17.7. The summed E-state index contributed by atoms with van der Waals surface area (Å²) in [6.45, 7) is 9.38. The number of rotatable bonds is 6. The van der Waals surface area contributed by atoms with Crippen LogP contribution < -0.4 is 5.43 Å². The minimum absolute atomic E-state index is 0.0689. The Morgan fingerprint density at radius 3 is 2.56 bits per heavy atom. The van der Waals surface area contributed by atoms with E-state index in [0.717, 1.165) is 24.1 Å². The molecule has 1 aromatic carbocycles. The third kappa shape index (κ3) is 3.50. The van der Waals surface area contributed by atoms with Crippen LogP contribution in [0.25, 0.3) is 0 Å². The number of hydrogen-bond acceptors (Lipinski definition) is 5. The third-order valence-corrected chi connectivity index (χ3v) is 6.10. The normalized spacial score (nSPS) is 19.6. The number of fused-ring (bicyclic) bond motifs is 2. The van der Waals surface area contributed by atoms with Gasteiger partial charge in [0.2, 0.25) is 5.43 Å². The van der Waals surface area contributed by atoms with E-state index in [2.05, 4.69) is 18.1 Å². The lowest BCUT2D eigenvalue weighted by molar-refractivity contribution is -0.0240. The van der Waals surface area contributed by atoms with Gasteiger partial charge in [0.05, 0.1) is 18.2 Å². The first-order valence-electron chi connectivity index (χ1n) is 10.5. The lowest BCUT2D eigenvalue weighted by Crippen LogP contribution is -2.61. The highest BCUT2D eigenvalue weighted by Gasteiger charge is 2.43. The van der Waals surface area contributed by atoms with Gasteiger partial charge >= 0.3 is 0 Å². The molecule has 2 aliphatic heterocycles. The maximum Gasteiger partial charge on any atom is 0.275 e. The molecule has 0 saturated carbocycles. The summed E-state index contributed by atoms with van der Waals surface area (Å²) in [4.78, 5) is 40.8. The van der Waals surface area contributed by atoms with E-state index in [-0.39, 0.29) is 23.5 Å². The smallest absolute Gasteiger partial charge is 0.275 e. The van der Waals surface area contributed by atoms with Crippen LogP contribution in [0.15, 0.2) is 78.3 Å². The van der Waals surface area contributed by atoms with Gasteiger partial charge in [0.1, 0.15) is 6.17 Å². The summed E-state index contributed by atoms with van der Waals surface area (Å²) in [5.41, 5.74) is 0.935. The molecule has 7 heteroatoms. The van der Waals surface area contributed by atoms with Gasteiger partial charge in [-0.25, -0.2) is 0 Å². The Bertz CT molecular complexity index is 1170. The molecule has 2 atom stereocenters. The molecule has 164 valence electrons. The van der Waals surface area contributed by atoms with Crippen molar-refractivity contribution in [2.75, 3.05) is 13.1 Å². The Hall–Kier alpha value is -3.71. The van der Waals surface area contributed by atoms with Crippen molar-refractivity contribution in [2.45, 2.75) is 25.2 Å². The lowest BCUT2D eigenvalue weighted by atomic mass is 9.94. The molecule has 7 nitrogen and oxygen atoms in total. The highest BCUT2D eigenvalue weighted by molar-refractivity contribution is 5.96. The summed E-state index contributed by atoms with van der Waals surface area (Å²) >= 11 is 0. The van der Waals surface area contributed by atoms with Crippen LogP contribution in [0.1, 0.15) is 38.9 Å². The number of hydrogen-bond donors (Lipinski definition) is 1. The fourth-order valence-electron chi connectivity index (χ4n) is 4.70. The van der Waals surface area contributed by atoms with Gasteiger partial charge in [-0.1, -0.05) is 61.7 Å². The van der Waals surface area contributed by atoms with Crippen LogP contribution in [-0.4, -0.2) is 50.9 Å². The monoisotopic (exact) mass is 431 g/mol. The van der Waals surface area contributed by atoms with E-state index in [0.29, 0.717) is 19.4 Å². The predicted octanol–water partition coefficient (Wildman–Crippen LogP) is 2.89. The number of allylic oxidation sites excluding steroid dienone is 2. The van der Waals surface area contributed by atoms with Crippen molar-refractivity contribution < 1.29 is 14.7 Å². The van der Waals surface area contributed by atoms with E-state index in [1.54, 1.807) is 17.1 Å². The second-order valence-corrected chi connectivity index (χ2v) is 7.87. The molecule has 1 aromatic heterocycles.